The molecular formula is C13H19NO. The van der Waals surface area contributed by atoms with Crippen LogP contribution in [0.5, 0.6) is 0 Å². The van der Waals surface area contributed by atoms with Crippen molar-refractivity contribution < 1.29 is 5.11 Å². The van der Waals surface area contributed by atoms with E-state index in [0.29, 0.717) is 0 Å². The Kier molecular flexibility index (Phi) is 4.37. The molecular weight excluding hydrogens is 186 g/mol. The number of hydrogen-bond acceptors (Lipinski definition) is 2. The minimum absolute atomic E-state index is 0.430. The molecule has 0 saturated carbocycles. The Hall–Kier alpha value is -1.28. The molecule has 0 aliphatic heterocycles. The van der Waals surface area contributed by atoms with Gasteiger partial charge in [-0.05, 0) is 19.9 Å². The number of para-hydroxylation sites is 1. The van der Waals surface area contributed by atoms with E-state index in [1.165, 1.54) is 0 Å². The fraction of sp³-hybridized carbons (Fsp3) is 0.385. The van der Waals surface area contributed by atoms with Crippen LogP contribution in [0.4, 0.5) is 5.69 Å². The normalized spacial score (nSPS) is 12.2. The van der Waals surface area contributed by atoms with Gasteiger partial charge in [0.2, 0.25) is 0 Å². The van der Waals surface area contributed by atoms with Crippen molar-refractivity contribution in [3.63, 3.8) is 0 Å². The van der Waals surface area contributed by atoms with Gasteiger partial charge < -0.3 is 10.0 Å². The lowest BCUT2D eigenvalue weighted by Crippen LogP contribution is -2.24. The topological polar surface area (TPSA) is 23.5 Å². The highest BCUT2D eigenvalue weighted by atomic mass is 16.3. The van der Waals surface area contributed by atoms with Crippen LogP contribution in [0.15, 0.2) is 36.9 Å². The van der Waals surface area contributed by atoms with Gasteiger partial charge in [-0.15, -0.1) is 6.58 Å². The van der Waals surface area contributed by atoms with Gasteiger partial charge in [-0.1, -0.05) is 24.3 Å². The summed E-state index contributed by atoms with van der Waals surface area (Å²) in [5.41, 5.74) is 2.07. The van der Waals surface area contributed by atoms with Gasteiger partial charge in [0.15, 0.2) is 0 Å². The lowest BCUT2D eigenvalue weighted by atomic mass is 10.1. The number of aliphatic hydroxyl groups excluding tert-OH is 1. The van der Waals surface area contributed by atoms with Crippen molar-refractivity contribution in [2.45, 2.75) is 20.0 Å². The fourth-order valence-electron chi connectivity index (χ4n) is 1.68. The van der Waals surface area contributed by atoms with E-state index in [2.05, 4.69) is 18.4 Å². The maximum Gasteiger partial charge on any atom is 0.0781 e. The molecule has 1 rings (SSSR count). The van der Waals surface area contributed by atoms with Crippen molar-refractivity contribution in [1.82, 2.24) is 0 Å². The first-order valence-corrected chi connectivity index (χ1v) is 5.33. The summed E-state index contributed by atoms with van der Waals surface area (Å²) in [4.78, 5) is 2.19. The Morgan fingerprint density at radius 1 is 1.47 bits per heavy atom. The Morgan fingerprint density at radius 2 is 2.13 bits per heavy atom. The third-order valence-corrected chi connectivity index (χ3v) is 2.46. The summed E-state index contributed by atoms with van der Waals surface area (Å²) in [7, 11) is 0. The van der Waals surface area contributed by atoms with Gasteiger partial charge in [0.1, 0.15) is 0 Å². The van der Waals surface area contributed by atoms with Crippen LogP contribution in [0.2, 0.25) is 0 Å². The van der Waals surface area contributed by atoms with Gasteiger partial charge in [0.05, 0.1) is 6.10 Å². The van der Waals surface area contributed by atoms with Crippen LogP contribution in [0.25, 0.3) is 0 Å². The molecule has 0 saturated heterocycles. The van der Waals surface area contributed by atoms with E-state index >= 15 is 0 Å². The lowest BCUT2D eigenvalue weighted by Gasteiger charge is -2.25. The second-order valence-corrected chi connectivity index (χ2v) is 3.56. The molecule has 0 aliphatic rings. The van der Waals surface area contributed by atoms with Gasteiger partial charge in [-0.3, -0.25) is 0 Å². The van der Waals surface area contributed by atoms with E-state index in [-0.39, 0.29) is 0 Å². The zero-order valence-electron chi connectivity index (χ0n) is 9.48. The lowest BCUT2D eigenvalue weighted by molar-refractivity contribution is 0.199. The van der Waals surface area contributed by atoms with E-state index in [4.69, 9.17) is 0 Å². The minimum Gasteiger partial charge on any atom is -0.389 e. The van der Waals surface area contributed by atoms with Gasteiger partial charge in [0, 0.05) is 24.3 Å². The van der Waals surface area contributed by atoms with E-state index < -0.39 is 6.10 Å². The molecule has 0 aliphatic carbocycles. The van der Waals surface area contributed by atoms with Crippen molar-refractivity contribution in [2.75, 3.05) is 18.0 Å². The average molecular weight is 205 g/mol. The molecule has 0 bridgehead atoms. The second-order valence-electron chi connectivity index (χ2n) is 3.56. The third-order valence-electron chi connectivity index (χ3n) is 2.46. The van der Waals surface area contributed by atoms with Crippen molar-refractivity contribution in [3.05, 3.63) is 42.5 Å². The summed E-state index contributed by atoms with van der Waals surface area (Å²) in [6.45, 7) is 9.35. The molecule has 0 fully saturated rings. The Morgan fingerprint density at radius 3 is 2.67 bits per heavy atom. The number of rotatable bonds is 5. The number of nitrogens with zero attached hydrogens (tertiary/aromatic N) is 1. The molecule has 0 radical (unpaired) electrons. The summed E-state index contributed by atoms with van der Waals surface area (Å²) in [6.07, 6.45) is 1.45. The van der Waals surface area contributed by atoms with Gasteiger partial charge in [-0.25, -0.2) is 0 Å². The van der Waals surface area contributed by atoms with Crippen molar-refractivity contribution >= 4 is 5.69 Å². The number of aliphatic hydroxyl groups is 1. The van der Waals surface area contributed by atoms with Crippen LogP contribution in [0.3, 0.4) is 0 Å². The van der Waals surface area contributed by atoms with Crippen LogP contribution in [-0.4, -0.2) is 18.2 Å². The maximum absolute atomic E-state index is 9.66. The Balaban J connectivity index is 3.04. The molecule has 0 aromatic heterocycles. The molecule has 0 amide bonds. The SMILES string of the molecule is C=CCN(CC)c1ccccc1[C@@H](C)O. The van der Waals surface area contributed by atoms with E-state index in [0.717, 1.165) is 24.3 Å². The largest absolute Gasteiger partial charge is 0.389 e. The van der Waals surface area contributed by atoms with Crippen LogP contribution in [-0.2, 0) is 0 Å². The predicted octanol–water partition coefficient (Wildman–Crippen LogP) is 2.75. The van der Waals surface area contributed by atoms with Gasteiger partial charge in [0.25, 0.3) is 0 Å². The predicted molar refractivity (Wildman–Crippen MR) is 65.2 cm³/mol. The van der Waals surface area contributed by atoms with Crippen molar-refractivity contribution in [2.24, 2.45) is 0 Å². The molecule has 1 N–H and O–H groups in total. The number of hydrogen-bond donors (Lipinski definition) is 1. The maximum atomic E-state index is 9.66. The quantitative estimate of drug-likeness (QED) is 0.747. The van der Waals surface area contributed by atoms with Crippen LogP contribution >= 0.6 is 0 Å². The summed E-state index contributed by atoms with van der Waals surface area (Å²) in [5.74, 6) is 0. The highest BCUT2D eigenvalue weighted by Gasteiger charge is 2.11. The fourth-order valence-corrected chi connectivity index (χ4v) is 1.68. The first-order chi connectivity index (χ1) is 7.20. The molecule has 2 nitrogen and oxygen atoms in total. The molecule has 0 unspecified atom stereocenters. The van der Waals surface area contributed by atoms with Gasteiger partial charge in [-0.2, -0.15) is 0 Å². The van der Waals surface area contributed by atoms with Gasteiger partial charge >= 0.3 is 0 Å². The average Bonchev–Trinajstić information content (AvgIpc) is 2.26. The summed E-state index contributed by atoms with van der Waals surface area (Å²) in [5, 5.41) is 9.66. The smallest absolute Gasteiger partial charge is 0.0781 e. The molecule has 82 valence electrons. The monoisotopic (exact) mass is 205 g/mol. The summed E-state index contributed by atoms with van der Waals surface area (Å²) < 4.78 is 0. The third kappa shape index (κ3) is 2.83. The minimum atomic E-state index is -0.430. The number of benzene rings is 1. The standard InChI is InChI=1S/C13H19NO/c1-4-10-14(5-2)13-9-7-6-8-12(13)11(3)15/h4,6-9,11,15H,1,5,10H2,2-3H3/t11-/m1/s1. The molecule has 15 heavy (non-hydrogen) atoms. The number of anilines is 1. The first-order valence-electron chi connectivity index (χ1n) is 5.33. The van der Waals surface area contributed by atoms with Crippen molar-refractivity contribution in [3.8, 4) is 0 Å². The van der Waals surface area contributed by atoms with Crippen LogP contribution < -0.4 is 4.90 Å². The molecule has 1 atom stereocenters. The summed E-state index contributed by atoms with van der Waals surface area (Å²) >= 11 is 0. The van der Waals surface area contributed by atoms with E-state index in [9.17, 15) is 5.11 Å². The zero-order chi connectivity index (χ0) is 11.3. The first kappa shape index (κ1) is 11.8. The van der Waals surface area contributed by atoms with E-state index in [1.54, 1.807) is 6.92 Å². The number of likely N-dealkylation sites (N-methyl/N-ethyl adjacent to an activating group) is 1. The van der Waals surface area contributed by atoms with E-state index in [1.807, 2.05) is 30.3 Å². The molecule has 1 aromatic carbocycles. The summed E-state index contributed by atoms with van der Waals surface area (Å²) in [6, 6.07) is 7.95. The molecule has 2 heteroatoms. The molecule has 1 aromatic rings. The highest BCUT2D eigenvalue weighted by molar-refractivity contribution is 5.54. The van der Waals surface area contributed by atoms with Crippen molar-refractivity contribution in [1.29, 1.82) is 0 Å². The van der Waals surface area contributed by atoms with Crippen LogP contribution in [0, 0.1) is 0 Å². The Bertz CT molecular complexity index is 320. The highest BCUT2D eigenvalue weighted by Crippen LogP contribution is 2.25. The molecule has 0 spiro atoms. The zero-order valence-corrected chi connectivity index (χ0v) is 9.48. The second kappa shape index (κ2) is 5.56. The molecule has 0 heterocycles. The Labute approximate surface area is 91.9 Å². The van der Waals surface area contributed by atoms with Crippen LogP contribution in [0.1, 0.15) is 25.5 Å².